The first kappa shape index (κ1) is 27.5. The summed E-state index contributed by atoms with van der Waals surface area (Å²) in [4.78, 5) is 30.4. The Morgan fingerprint density at radius 1 is 1.03 bits per heavy atom. The Labute approximate surface area is 227 Å². The third kappa shape index (κ3) is 6.66. The largest absolute Gasteiger partial charge is 0.494 e. The van der Waals surface area contributed by atoms with Crippen LogP contribution in [0.1, 0.15) is 62.6 Å². The Hall–Kier alpha value is -2.57. The molecule has 2 saturated heterocycles. The molecule has 2 aromatic rings. The van der Waals surface area contributed by atoms with Crippen molar-refractivity contribution in [1.29, 1.82) is 0 Å². The van der Waals surface area contributed by atoms with Crippen molar-refractivity contribution in [3.05, 3.63) is 65.7 Å². The maximum atomic E-state index is 13.4. The number of ether oxygens (including phenoxy) is 1. The van der Waals surface area contributed by atoms with Gasteiger partial charge in [0, 0.05) is 25.6 Å². The van der Waals surface area contributed by atoms with Gasteiger partial charge in [-0.3, -0.25) is 9.59 Å². The molecular weight excluding hydrogens is 486 g/mol. The molecule has 1 aliphatic carbocycles. The minimum absolute atomic E-state index is 0. The molecule has 2 aliphatic heterocycles. The predicted molar refractivity (Wildman–Crippen MR) is 148 cm³/mol. The van der Waals surface area contributed by atoms with Crippen molar-refractivity contribution in [3.63, 3.8) is 0 Å². The van der Waals surface area contributed by atoms with Crippen LogP contribution in [0.15, 0.2) is 54.6 Å². The Morgan fingerprint density at radius 3 is 2.35 bits per heavy atom. The summed E-state index contributed by atoms with van der Waals surface area (Å²) in [6.07, 6.45) is 5.75. The van der Waals surface area contributed by atoms with Gasteiger partial charge >= 0.3 is 0 Å². The molecular formula is C30H40ClN3O3. The van der Waals surface area contributed by atoms with Gasteiger partial charge in [-0.05, 0) is 81.8 Å². The summed E-state index contributed by atoms with van der Waals surface area (Å²) in [5.74, 6) is 1.62. The predicted octanol–water partition coefficient (Wildman–Crippen LogP) is 4.98. The lowest BCUT2D eigenvalue weighted by atomic mass is 9.77. The van der Waals surface area contributed by atoms with Gasteiger partial charge in [0.05, 0.1) is 18.1 Å². The molecule has 5 rings (SSSR count). The van der Waals surface area contributed by atoms with Crippen molar-refractivity contribution in [2.45, 2.75) is 58.0 Å². The van der Waals surface area contributed by atoms with Gasteiger partial charge in [0.2, 0.25) is 11.8 Å². The van der Waals surface area contributed by atoms with E-state index in [1.165, 1.54) is 5.56 Å². The number of rotatable bonds is 10. The number of halogens is 1. The molecule has 0 bridgehead atoms. The molecule has 3 fully saturated rings. The normalized spacial score (nSPS) is 19.9. The minimum atomic E-state index is -0.194. The van der Waals surface area contributed by atoms with Crippen LogP contribution in [0.4, 0.5) is 0 Å². The maximum absolute atomic E-state index is 13.4. The van der Waals surface area contributed by atoms with E-state index in [1.807, 2.05) is 42.2 Å². The van der Waals surface area contributed by atoms with Gasteiger partial charge < -0.3 is 19.9 Å². The highest BCUT2D eigenvalue weighted by Crippen LogP contribution is 2.42. The molecule has 2 heterocycles. The Kier molecular flexibility index (Phi) is 9.14. The highest BCUT2D eigenvalue weighted by atomic mass is 35.5. The number of carbonyl (C=O) groups excluding carboxylic acids is 2. The zero-order valence-corrected chi connectivity index (χ0v) is 22.7. The Morgan fingerprint density at radius 2 is 1.70 bits per heavy atom. The SMILES string of the molecule is CCOc1ccc(CN2CCC3(CCN(CC[C@H](NC(=O)C4CC4)c4ccccc4)CC3)C2=O)cc1.Cl. The quantitative estimate of drug-likeness (QED) is 0.475. The van der Waals surface area contributed by atoms with Gasteiger partial charge in [-0.2, -0.15) is 0 Å². The van der Waals surface area contributed by atoms with Crippen molar-refractivity contribution in [3.8, 4) is 5.75 Å². The Balaban J connectivity index is 0.00000320. The zero-order valence-electron chi connectivity index (χ0n) is 21.9. The van der Waals surface area contributed by atoms with Crippen LogP contribution in [0.25, 0.3) is 0 Å². The average molecular weight is 526 g/mol. The molecule has 0 unspecified atom stereocenters. The summed E-state index contributed by atoms with van der Waals surface area (Å²) >= 11 is 0. The first-order chi connectivity index (χ1) is 17.6. The number of carbonyl (C=O) groups is 2. The highest BCUT2D eigenvalue weighted by Gasteiger charge is 2.47. The van der Waals surface area contributed by atoms with E-state index in [4.69, 9.17) is 4.74 Å². The first-order valence-electron chi connectivity index (χ1n) is 13.6. The first-order valence-corrected chi connectivity index (χ1v) is 13.6. The second-order valence-corrected chi connectivity index (χ2v) is 10.7. The fraction of sp³-hybridized carbons (Fsp3) is 0.533. The summed E-state index contributed by atoms with van der Waals surface area (Å²) in [6, 6.07) is 18.5. The van der Waals surface area contributed by atoms with Gasteiger partial charge in [-0.1, -0.05) is 42.5 Å². The molecule has 0 aromatic heterocycles. The number of benzene rings is 2. The van der Waals surface area contributed by atoms with E-state index >= 15 is 0 Å². The lowest BCUT2D eigenvalue weighted by Crippen LogP contribution is -2.45. The molecule has 3 aliphatic rings. The van der Waals surface area contributed by atoms with Gasteiger partial charge in [-0.25, -0.2) is 0 Å². The molecule has 1 spiro atoms. The molecule has 0 radical (unpaired) electrons. The van der Waals surface area contributed by atoms with E-state index in [2.05, 4.69) is 34.5 Å². The van der Waals surface area contributed by atoms with Crippen molar-refractivity contribution in [1.82, 2.24) is 15.1 Å². The number of piperidine rings is 1. The van der Waals surface area contributed by atoms with Crippen molar-refractivity contribution in [2.75, 3.05) is 32.8 Å². The zero-order chi connectivity index (χ0) is 25.0. The van der Waals surface area contributed by atoms with Crippen molar-refractivity contribution < 1.29 is 14.3 Å². The molecule has 1 N–H and O–H groups in total. The van der Waals surface area contributed by atoms with E-state index in [9.17, 15) is 9.59 Å². The lowest BCUT2D eigenvalue weighted by Gasteiger charge is -2.38. The minimum Gasteiger partial charge on any atom is -0.494 e. The van der Waals surface area contributed by atoms with Crippen LogP contribution in [0.5, 0.6) is 5.75 Å². The van der Waals surface area contributed by atoms with Gasteiger partial charge in [0.25, 0.3) is 0 Å². The summed E-state index contributed by atoms with van der Waals surface area (Å²) < 4.78 is 5.54. The number of nitrogens with one attached hydrogen (secondary N) is 1. The second kappa shape index (κ2) is 12.3. The number of likely N-dealkylation sites (tertiary alicyclic amines) is 2. The van der Waals surface area contributed by atoms with Crippen LogP contribution in [-0.4, -0.2) is 54.4 Å². The van der Waals surface area contributed by atoms with Crippen LogP contribution in [-0.2, 0) is 16.1 Å². The monoisotopic (exact) mass is 525 g/mol. The lowest BCUT2D eigenvalue weighted by molar-refractivity contribution is -0.139. The molecule has 6 nitrogen and oxygen atoms in total. The van der Waals surface area contributed by atoms with Gasteiger partial charge in [0.1, 0.15) is 5.75 Å². The highest BCUT2D eigenvalue weighted by molar-refractivity contribution is 5.85. The Bertz CT molecular complexity index is 1030. The molecule has 200 valence electrons. The van der Waals surface area contributed by atoms with Crippen LogP contribution in [0, 0.1) is 11.3 Å². The van der Waals surface area contributed by atoms with E-state index in [0.29, 0.717) is 19.1 Å². The fourth-order valence-electron chi connectivity index (χ4n) is 5.74. The maximum Gasteiger partial charge on any atom is 0.229 e. The van der Waals surface area contributed by atoms with Gasteiger partial charge in [-0.15, -0.1) is 12.4 Å². The topological polar surface area (TPSA) is 61.9 Å². The average Bonchev–Trinajstić information content (AvgIpc) is 3.73. The molecule has 1 atom stereocenters. The summed E-state index contributed by atoms with van der Waals surface area (Å²) in [6.45, 7) is 6.99. The number of amides is 2. The molecule has 1 saturated carbocycles. The molecule has 7 heteroatoms. The summed E-state index contributed by atoms with van der Waals surface area (Å²) in [7, 11) is 0. The molecule has 2 amide bonds. The summed E-state index contributed by atoms with van der Waals surface area (Å²) in [5, 5.41) is 3.30. The molecule has 37 heavy (non-hydrogen) atoms. The van der Waals surface area contributed by atoms with E-state index in [1.54, 1.807) is 0 Å². The number of hydrogen-bond acceptors (Lipinski definition) is 4. The van der Waals surface area contributed by atoms with Crippen LogP contribution < -0.4 is 10.1 Å². The van der Waals surface area contributed by atoms with E-state index < -0.39 is 0 Å². The third-order valence-corrected chi connectivity index (χ3v) is 8.22. The van der Waals surface area contributed by atoms with Crippen LogP contribution >= 0.6 is 12.4 Å². The van der Waals surface area contributed by atoms with Crippen LogP contribution in [0.3, 0.4) is 0 Å². The third-order valence-electron chi connectivity index (χ3n) is 8.22. The fourth-order valence-corrected chi connectivity index (χ4v) is 5.74. The smallest absolute Gasteiger partial charge is 0.229 e. The van der Waals surface area contributed by atoms with Crippen molar-refractivity contribution in [2.24, 2.45) is 11.3 Å². The molecule has 2 aromatic carbocycles. The van der Waals surface area contributed by atoms with Crippen LogP contribution in [0.2, 0.25) is 0 Å². The van der Waals surface area contributed by atoms with Crippen molar-refractivity contribution >= 4 is 24.2 Å². The number of nitrogens with zero attached hydrogens (tertiary/aromatic N) is 2. The standard InChI is InChI=1S/C30H39N3O3.ClH/c1-2-36-26-12-8-23(9-13-26)22-33-21-17-30(29(33)35)15-19-32(20-16-30)18-14-27(24-6-4-3-5-7-24)31-28(34)25-10-11-25;/h3-9,12-13,25,27H,2,10-11,14-22H2,1H3,(H,31,34);1H/t27-;/m0./s1. The number of hydrogen-bond donors (Lipinski definition) is 1. The van der Waals surface area contributed by atoms with Gasteiger partial charge in [0.15, 0.2) is 0 Å². The van der Waals surface area contributed by atoms with E-state index in [0.717, 1.165) is 76.0 Å². The van der Waals surface area contributed by atoms with E-state index in [-0.39, 0.29) is 35.7 Å². The summed E-state index contributed by atoms with van der Waals surface area (Å²) in [5.41, 5.74) is 2.14. The second-order valence-electron chi connectivity index (χ2n) is 10.7.